The van der Waals surface area contributed by atoms with Crippen LogP contribution in [0.5, 0.6) is 5.75 Å². The van der Waals surface area contributed by atoms with Crippen LogP contribution in [-0.4, -0.2) is 17.1 Å². The van der Waals surface area contributed by atoms with Crippen LogP contribution in [0.25, 0.3) is 20.3 Å². The molecule has 0 unspecified atom stereocenters. The lowest BCUT2D eigenvalue weighted by atomic mass is 10.2. The molecule has 3 aromatic heterocycles. The number of methoxy groups -OCH3 is 1. The molecule has 0 radical (unpaired) electrons. The highest BCUT2D eigenvalue weighted by Gasteiger charge is 2.14. The second kappa shape index (κ2) is 12.2. The Labute approximate surface area is 235 Å². The zero-order chi connectivity index (χ0) is 26.5. The lowest BCUT2D eigenvalue weighted by Crippen LogP contribution is -2.13. The van der Waals surface area contributed by atoms with Crippen molar-refractivity contribution in [3.63, 3.8) is 0 Å². The second-order valence-corrected chi connectivity index (χ2v) is 11.8. The van der Waals surface area contributed by atoms with Gasteiger partial charge in [0.2, 0.25) is 0 Å². The predicted molar refractivity (Wildman–Crippen MR) is 156 cm³/mol. The third kappa shape index (κ3) is 6.30. The van der Waals surface area contributed by atoms with E-state index in [0.717, 1.165) is 32.3 Å². The first kappa shape index (κ1) is 26.5. The van der Waals surface area contributed by atoms with E-state index in [1.807, 2.05) is 30.3 Å². The molecule has 0 saturated heterocycles. The number of thioether (sulfide) groups is 1. The Morgan fingerprint density at radius 2 is 1.87 bits per heavy atom. The van der Waals surface area contributed by atoms with Gasteiger partial charge in [0.25, 0.3) is 5.56 Å². The Morgan fingerprint density at radius 1 is 1.05 bits per heavy atom. The van der Waals surface area contributed by atoms with Crippen LogP contribution in [-0.2, 0) is 10.0 Å². The van der Waals surface area contributed by atoms with Crippen LogP contribution < -0.4 is 15.8 Å². The fourth-order valence-electron chi connectivity index (χ4n) is 3.50. The highest BCUT2D eigenvalue weighted by Crippen LogP contribution is 2.37. The van der Waals surface area contributed by atoms with E-state index in [0.29, 0.717) is 33.6 Å². The fraction of sp³-hybridized carbons (Fsp3) is 0.111. The Bertz CT molecular complexity index is 1580. The maximum atomic E-state index is 13.1. The van der Waals surface area contributed by atoms with Crippen molar-refractivity contribution >= 4 is 52.2 Å². The van der Waals surface area contributed by atoms with Gasteiger partial charge in [-0.25, -0.2) is 14.9 Å². The molecule has 5 rings (SSSR count). The average molecular weight is 584 g/mol. The van der Waals surface area contributed by atoms with Gasteiger partial charge in [-0.2, -0.15) is 4.28 Å². The van der Waals surface area contributed by atoms with Crippen molar-refractivity contribution in [1.82, 2.24) is 9.97 Å². The number of anilines is 1. The number of benzene rings is 2. The molecule has 0 aliphatic carbocycles. The zero-order valence-corrected chi connectivity index (χ0v) is 23.6. The Hall–Kier alpha value is -3.09. The first-order valence-corrected chi connectivity index (χ1v) is 14.8. The first-order valence-electron chi connectivity index (χ1n) is 11.4. The van der Waals surface area contributed by atoms with Gasteiger partial charge in [0.15, 0.2) is 5.16 Å². The summed E-state index contributed by atoms with van der Waals surface area (Å²) in [5.74, 6) is 0.889. The van der Waals surface area contributed by atoms with Gasteiger partial charge in [-0.3, -0.25) is 4.79 Å². The molecule has 5 aromatic rings. The summed E-state index contributed by atoms with van der Waals surface area (Å²) >= 11 is 5.85. The molecular weight excluding hydrogens is 562 g/mol. The molecule has 0 atom stereocenters. The summed E-state index contributed by atoms with van der Waals surface area (Å²) in [4.78, 5) is 24.4. The number of H-pyrrole nitrogens is 1. The second-order valence-electron chi connectivity index (χ2n) is 8.03. The van der Waals surface area contributed by atoms with Crippen molar-refractivity contribution in [3.8, 4) is 26.1 Å². The molecule has 0 amide bonds. The van der Waals surface area contributed by atoms with Crippen LogP contribution in [0.2, 0.25) is 0 Å². The molecule has 194 valence electrons. The van der Waals surface area contributed by atoms with Crippen molar-refractivity contribution in [2.45, 2.75) is 22.7 Å². The van der Waals surface area contributed by atoms with Crippen LogP contribution in [0.4, 0.5) is 10.1 Å². The smallest absolute Gasteiger partial charge is 0.255 e. The van der Waals surface area contributed by atoms with Gasteiger partial charge < -0.3 is 9.72 Å². The van der Waals surface area contributed by atoms with Gasteiger partial charge in [0, 0.05) is 26.0 Å². The molecular formula is C27H22FN3O3S4. The molecule has 3 heterocycles. The average Bonchev–Trinajstić information content (AvgIpc) is 3.63. The zero-order valence-electron chi connectivity index (χ0n) is 20.3. The van der Waals surface area contributed by atoms with E-state index in [9.17, 15) is 9.18 Å². The molecule has 0 bridgehead atoms. The number of ether oxygens (including phenoxy) is 1. The van der Waals surface area contributed by atoms with E-state index >= 15 is 0 Å². The van der Waals surface area contributed by atoms with Crippen LogP contribution >= 0.6 is 46.5 Å². The van der Waals surface area contributed by atoms with Crippen LogP contribution in [0.15, 0.2) is 87.0 Å². The maximum Gasteiger partial charge on any atom is 0.255 e. The van der Waals surface area contributed by atoms with Gasteiger partial charge in [0.1, 0.15) is 17.3 Å². The summed E-state index contributed by atoms with van der Waals surface area (Å²) < 4.78 is 24.1. The van der Waals surface area contributed by atoms with Crippen LogP contribution in [0, 0.1) is 12.7 Å². The summed E-state index contributed by atoms with van der Waals surface area (Å²) in [7, 11) is 1.58. The molecule has 2 N–H and O–H groups in total. The molecule has 0 fully saturated rings. The number of nitrogens with zero attached hydrogens (tertiary/aromatic N) is 1. The van der Waals surface area contributed by atoms with Gasteiger partial charge in [0.05, 0.1) is 29.7 Å². The first-order chi connectivity index (χ1) is 18.5. The molecule has 2 aromatic carbocycles. The minimum Gasteiger partial charge on any atom is -0.494 e. The highest BCUT2D eigenvalue weighted by molar-refractivity contribution is 7.98. The number of nitrogens with one attached hydrogen (secondary N) is 2. The van der Waals surface area contributed by atoms with E-state index in [-0.39, 0.29) is 11.4 Å². The molecule has 11 heteroatoms. The normalized spacial score (nSPS) is 11.0. The number of hydrogen-bond acceptors (Lipinski definition) is 9. The minimum atomic E-state index is -0.298. The highest BCUT2D eigenvalue weighted by atomic mass is 32.2. The van der Waals surface area contributed by atoms with Crippen molar-refractivity contribution in [2.75, 3.05) is 12.6 Å². The summed E-state index contributed by atoms with van der Waals surface area (Å²) in [6.07, 6.45) is 0. The predicted octanol–water partition coefficient (Wildman–Crippen LogP) is 8.03. The van der Waals surface area contributed by atoms with E-state index in [1.54, 1.807) is 48.8 Å². The SMILES string of the molecule is COc1cc(CSc2nc(-c3ccc(-c4cccs4)s3)c(C)c(=O)[nH]2)ccc1NOSc1ccc(F)cc1. The lowest BCUT2D eigenvalue weighted by molar-refractivity contribution is 0.406. The fourth-order valence-corrected chi connectivity index (χ4v) is 6.67. The van der Waals surface area contributed by atoms with Crippen molar-refractivity contribution in [3.05, 3.63) is 99.4 Å². The Balaban J connectivity index is 1.26. The van der Waals surface area contributed by atoms with Crippen LogP contribution in [0.3, 0.4) is 0 Å². The van der Waals surface area contributed by atoms with E-state index in [4.69, 9.17) is 14.0 Å². The largest absolute Gasteiger partial charge is 0.494 e. The van der Waals surface area contributed by atoms with Gasteiger partial charge in [-0.1, -0.05) is 23.9 Å². The molecule has 0 aliphatic heterocycles. The number of aromatic nitrogens is 2. The molecule has 38 heavy (non-hydrogen) atoms. The quantitative estimate of drug-likeness (QED) is 0.0746. The molecule has 0 spiro atoms. The molecule has 0 aliphatic rings. The van der Waals surface area contributed by atoms with Crippen molar-refractivity contribution in [1.29, 1.82) is 0 Å². The van der Waals surface area contributed by atoms with E-state index in [2.05, 4.69) is 28.0 Å². The van der Waals surface area contributed by atoms with Gasteiger partial charge >= 0.3 is 0 Å². The Kier molecular flexibility index (Phi) is 8.50. The lowest BCUT2D eigenvalue weighted by Gasteiger charge is -2.12. The maximum absolute atomic E-state index is 13.1. The standard InChI is InChI=1S/C27H22FN3O3S4/c1-16-25(24-12-11-23(37-24)22-4-3-13-35-22)29-27(30-26(16)32)36-15-17-5-10-20(21(14-17)33-2)31-34-38-19-8-6-18(28)7-9-19/h3-14,31H,15H2,1-2H3,(H,29,30,32). The summed E-state index contributed by atoms with van der Waals surface area (Å²) in [6.45, 7) is 1.80. The van der Waals surface area contributed by atoms with E-state index < -0.39 is 0 Å². The number of hydrogen-bond donors (Lipinski definition) is 2. The number of rotatable bonds is 10. The molecule has 6 nitrogen and oxygen atoms in total. The monoisotopic (exact) mass is 583 g/mol. The van der Waals surface area contributed by atoms with Crippen molar-refractivity contribution in [2.24, 2.45) is 0 Å². The molecule has 0 saturated carbocycles. The van der Waals surface area contributed by atoms with Gasteiger partial charge in [-0.15, -0.1) is 22.7 Å². The third-order valence-corrected chi connectivity index (χ3v) is 9.21. The third-order valence-electron chi connectivity index (χ3n) is 5.48. The number of thiophene rings is 2. The van der Waals surface area contributed by atoms with Crippen molar-refractivity contribution < 1.29 is 13.4 Å². The summed E-state index contributed by atoms with van der Waals surface area (Å²) in [5.41, 5.74) is 5.67. The number of halogens is 1. The topological polar surface area (TPSA) is 76.2 Å². The van der Waals surface area contributed by atoms with E-state index in [1.165, 1.54) is 28.8 Å². The van der Waals surface area contributed by atoms with Crippen LogP contribution in [0.1, 0.15) is 11.1 Å². The Morgan fingerprint density at radius 3 is 2.63 bits per heavy atom. The minimum absolute atomic E-state index is 0.142. The number of aromatic amines is 1. The van der Waals surface area contributed by atoms with Gasteiger partial charge in [-0.05, 0) is 72.5 Å². The summed E-state index contributed by atoms with van der Waals surface area (Å²) in [6, 6.07) is 19.9. The summed E-state index contributed by atoms with van der Waals surface area (Å²) in [5, 5.41) is 2.61.